The summed E-state index contributed by atoms with van der Waals surface area (Å²) in [4.78, 5) is 17.8. The van der Waals surface area contributed by atoms with Crippen LogP contribution in [0.2, 0.25) is 5.15 Å². The fourth-order valence-electron chi connectivity index (χ4n) is 1.85. The van der Waals surface area contributed by atoms with Crippen molar-refractivity contribution in [2.24, 2.45) is 0 Å². The van der Waals surface area contributed by atoms with Crippen molar-refractivity contribution in [3.05, 3.63) is 22.8 Å². The highest BCUT2D eigenvalue weighted by Crippen LogP contribution is 2.17. The molecule has 1 saturated heterocycles. The Morgan fingerprint density at radius 2 is 2.00 bits per heavy atom. The van der Waals surface area contributed by atoms with Crippen LogP contribution in [0.4, 0.5) is 5.82 Å². The number of nitrogens with one attached hydrogen (secondary N) is 1. The standard InChI is InChI=1S/C11H14ClN3O3S/c1-13-10-7-8(6-9(12)14-10)11(16)15-2-4-19(17,18)5-3-15/h6-7H,2-5H2,1H3,(H,13,14). The number of anilines is 1. The van der Waals surface area contributed by atoms with Gasteiger partial charge in [-0.25, -0.2) is 13.4 Å². The van der Waals surface area contributed by atoms with E-state index in [9.17, 15) is 13.2 Å². The number of carbonyl (C=O) groups is 1. The molecule has 1 amide bonds. The monoisotopic (exact) mass is 303 g/mol. The van der Waals surface area contributed by atoms with Crippen LogP contribution in [0, 0.1) is 0 Å². The zero-order valence-corrected chi connectivity index (χ0v) is 12.0. The number of amides is 1. The number of rotatable bonds is 2. The number of pyridine rings is 1. The number of halogens is 1. The Balaban J connectivity index is 2.18. The van der Waals surface area contributed by atoms with Crippen LogP contribution in [-0.4, -0.2) is 55.9 Å². The van der Waals surface area contributed by atoms with E-state index in [0.29, 0.717) is 11.4 Å². The summed E-state index contributed by atoms with van der Waals surface area (Å²) < 4.78 is 22.7. The van der Waals surface area contributed by atoms with Crippen molar-refractivity contribution in [3.63, 3.8) is 0 Å². The normalized spacial score (nSPS) is 18.1. The molecular weight excluding hydrogens is 290 g/mol. The summed E-state index contributed by atoms with van der Waals surface area (Å²) in [6, 6.07) is 3.07. The Hall–Kier alpha value is -1.34. The van der Waals surface area contributed by atoms with E-state index in [1.807, 2.05) is 0 Å². The lowest BCUT2D eigenvalue weighted by molar-refractivity contribution is 0.0770. The minimum atomic E-state index is -3.00. The molecule has 1 aliphatic rings. The number of sulfone groups is 1. The third-order valence-electron chi connectivity index (χ3n) is 2.93. The molecule has 19 heavy (non-hydrogen) atoms. The minimum absolute atomic E-state index is 0.0104. The molecule has 0 aliphatic carbocycles. The molecule has 8 heteroatoms. The van der Waals surface area contributed by atoms with Crippen molar-refractivity contribution in [2.45, 2.75) is 0 Å². The Morgan fingerprint density at radius 3 is 2.58 bits per heavy atom. The first-order valence-electron chi connectivity index (χ1n) is 5.76. The molecule has 2 heterocycles. The number of carbonyl (C=O) groups excluding carboxylic acids is 1. The first kappa shape index (κ1) is 14.1. The zero-order valence-electron chi connectivity index (χ0n) is 10.4. The van der Waals surface area contributed by atoms with Crippen LogP contribution in [-0.2, 0) is 9.84 Å². The van der Waals surface area contributed by atoms with E-state index in [1.54, 1.807) is 13.1 Å². The number of hydrogen-bond acceptors (Lipinski definition) is 5. The second-order valence-corrected chi connectivity index (χ2v) is 6.95. The molecule has 2 rings (SSSR count). The minimum Gasteiger partial charge on any atom is -0.373 e. The van der Waals surface area contributed by atoms with Crippen LogP contribution < -0.4 is 5.32 Å². The highest BCUT2D eigenvalue weighted by atomic mass is 35.5. The van der Waals surface area contributed by atoms with Crippen LogP contribution in [0.3, 0.4) is 0 Å². The van der Waals surface area contributed by atoms with Crippen molar-refractivity contribution < 1.29 is 13.2 Å². The van der Waals surface area contributed by atoms with Gasteiger partial charge in [-0.05, 0) is 12.1 Å². The number of aromatic nitrogens is 1. The van der Waals surface area contributed by atoms with Gasteiger partial charge in [0.1, 0.15) is 11.0 Å². The molecule has 1 fully saturated rings. The Bertz CT molecular complexity index is 589. The number of hydrogen-bond donors (Lipinski definition) is 1. The lowest BCUT2D eigenvalue weighted by Gasteiger charge is -2.26. The maximum absolute atomic E-state index is 12.2. The molecule has 104 valence electrons. The van der Waals surface area contributed by atoms with E-state index < -0.39 is 9.84 Å². The molecule has 0 saturated carbocycles. The summed E-state index contributed by atoms with van der Waals surface area (Å²) in [5.74, 6) is 0.295. The maximum Gasteiger partial charge on any atom is 0.254 e. The average Bonchev–Trinajstić information content (AvgIpc) is 2.37. The van der Waals surface area contributed by atoms with Crippen molar-refractivity contribution in [2.75, 3.05) is 37.0 Å². The third-order valence-corrected chi connectivity index (χ3v) is 4.73. The lowest BCUT2D eigenvalue weighted by Crippen LogP contribution is -2.43. The van der Waals surface area contributed by atoms with Crippen LogP contribution in [0.25, 0.3) is 0 Å². The summed E-state index contributed by atoms with van der Waals surface area (Å²) >= 11 is 5.84. The van der Waals surface area contributed by atoms with Crippen molar-refractivity contribution in [1.29, 1.82) is 0 Å². The largest absolute Gasteiger partial charge is 0.373 e. The Labute approximate surface area is 116 Å². The molecule has 0 aromatic carbocycles. The summed E-state index contributed by atoms with van der Waals surface area (Å²) in [5, 5.41) is 3.04. The second kappa shape index (κ2) is 5.34. The van der Waals surface area contributed by atoms with E-state index in [4.69, 9.17) is 11.6 Å². The van der Waals surface area contributed by atoms with Gasteiger partial charge in [0.15, 0.2) is 9.84 Å². The highest BCUT2D eigenvalue weighted by molar-refractivity contribution is 7.91. The van der Waals surface area contributed by atoms with Crippen molar-refractivity contribution in [3.8, 4) is 0 Å². The third kappa shape index (κ3) is 3.36. The SMILES string of the molecule is CNc1cc(C(=O)N2CCS(=O)(=O)CC2)cc(Cl)n1. The predicted molar refractivity (Wildman–Crippen MR) is 73.4 cm³/mol. The van der Waals surface area contributed by atoms with Gasteiger partial charge in [-0.2, -0.15) is 0 Å². The smallest absolute Gasteiger partial charge is 0.254 e. The van der Waals surface area contributed by atoms with Gasteiger partial charge in [0.25, 0.3) is 5.91 Å². The van der Waals surface area contributed by atoms with Crippen LogP contribution in [0.15, 0.2) is 12.1 Å². The lowest BCUT2D eigenvalue weighted by atomic mass is 10.2. The maximum atomic E-state index is 12.2. The molecular formula is C11H14ClN3O3S. The molecule has 0 radical (unpaired) electrons. The fourth-order valence-corrected chi connectivity index (χ4v) is 3.26. The zero-order chi connectivity index (χ0) is 14.0. The molecule has 1 aromatic heterocycles. The summed E-state index contributed by atoms with van der Waals surface area (Å²) in [5.41, 5.74) is 0.406. The van der Waals surface area contributed by atoms with E-state index >= 15 is 0 Å². The quantitative estimate of drug-likeness (QED) is 0.811. The van der Waals surface area contributed by atoms with Crippen LogP contribution in [0.1, 0.15) is 10.4 Å². The van der Waals surface area contributed by atoms with Crippen molar-refractivity contribution >= 4 is 33.2 Å². The molecule has 0 bridgehead atoms. The molecule has 1 N–H and O–H groups in total. The molecule has 6 nitrogen and oxygen atoms in total. The van der Waals surface area contributed by atoms with E-state index in [-0.39, 0.29) is 35.7 Å². The van der Waals surface area contributed by atoms with E-state index in [1.165, 1.54) is 11.0 Å². The molecule has 0 spiro atoms. The van der Waals surface area contributed by atoms with Gasteiger partial charge in [-0.1, -0.05) is 11.6 Å². The molecule has 0 unspecified atom stereocenters. The summed E-state index contributed by atoms with van der Waals surface area (Å²) in [7, 11) is -1.32. The summed E-state index contributed by atoms with van der Waals surface area (Å²) in [6.45, 7) is 0.436. The fraction of sp³-hybridized carbons (Fsp3) is 0.455. The Morgan fingerprint density at radius 1 is 1.37 bits per heavy atom. The highest BCUT2D eigenvalue weighted by Gasteiger charge is 2.26. The van der Waals surface area contributed by atoms with Gasteiger partial charge in [-0.3, -0.25) is 4.79 Å². The first-order chi connectivity index (χ1) is 8.91. The van der Waals surface area contributed by atoms with Gasteiger partial charge in [0.05, 0.1) is 11.5 Å². The van der Waals surface area contributed by atoms with Crippen LogP contribution in [0.5, 0.6) is 0 Å². The average molecular weight is 304 g/mol. The van der Waals surface area contributed by atoms with Gasteiger partial charge < -0.3 is 10.2 Å². The molecule has 0 atom stereocenters. The predicted octanol–water partition coefficient (Wildman–Crippen LogP) is 0.647. The summed E-state index contributed by atoms with van der Waals surface area (Å²) in [6.07, 6.45) is 0. The molecule has 1 aliphatic heterocycles. The molecule has 1 aromatic rings. The van der Waals surface area contributed by atoms with Crippen molar-refractivity contribution in [1.82, 2.24) is 9.88 Å². The first-order valence-corrected chi connectivity index (χ1v) is 7.96. The second-order valence-electron chi connectivity index (χ2n) is 4.26. The number of nitrogens with zero attached hydrogens (tertiary/aromatic N) is 2. The van der Waals surface area contributed by atoms with Gasteiger partial charge in [0.2, 0.25) is 0 Å². The van der Waals surface area contributed by atoms with Gasteiger partial charge in [0, 0.05) is 25.7 Å². The topological polar surface area (TPSA) is 79.4 Å². The van der Waals surface area contributed by atoms with Gasteiger partial charge >= 0.3 is 0 Å². The van der Waals surface area contributed by atoms with E-state index in [0.717, 1.165) is 0 Å². The van der Waals surface area contributed by atoms with E-state index in [2.05, 4.69) is 10.3 Å². The Kier molecular flexibility index (Phi) is 3.96. The van der Waals surface area contributed by atoms with Crippen LogP contribution >= 0.6 is 11.6 Å². The van der Waals surface area contributed by atoms with Gasteiger partial charge in [-0.15, -0.1) is 0 Å².